The Morgan fingerprint density at radius 2 is 1.91 bits per heavy atom. The van der Waals surface area contributed by atoms with Crippen LogP contribution >= 0.6 is 0 Å². The van der Waals surface area contributed by atoms with E-state index >= 15 is 0 Å². The first-order valence-electron chi connectivity index (χ1n) is 15.4. The van der Waals surface area contributed by atoms with Crippen LogP contribution in [0.5, 0.6) is 11.5 Å². The van der Waals surface area contributed by atoms with E-state index in [1.54, 1.807) is 58.1 Å². The zero-order valence-electron chi connectivity index (χ0n) is 28.0. The van der Waals surface area contributed by atoms with Crippen molar-refractivity contribution in [3.05, 3.63) is 65.3 Å². The van der Waals surface area contributed by atoms with Gasteiger partial charge >= 0.3 is 6.09 Å². The number of aromatic nitrogens is 2. The number of hydrogen-bond acceptors (Lipinski definition) is 10. The van der Waals surface area contributed by atoms with E-state index in [2.05, 4.69) is 20.3 Å². The number of allylic oxidation sites excluding steroid dienone is 2. The molecule has 6 N–H and O–H groups in total. The number of hydrogen-bond donors (Lipinski definition) is 5. The number of anilines is 1. The normalized spacial score (nSPS) is 24.9. The highest BCUT2D eigenvalue weighted by Gasteiger charge is 2.31. The van der Waals surface area contributed by atoms with Crippen LogP contribution in [-0.4, -0.2) is 84.1 Å². The number of methoxy groups -OCH3 is 3. The van der Waals surface area contributed by atoms with Crippen LogP contribution < -0.4 is 11.1 Å². The Bertz CT molecular complexity index is 1480. The number of amides is 2. The maximum Gasteiger partial charge on any atom is 0.405 e. The highest BCUT2D eigenvalue weighted by atomic mass is 16.6. The van der Waals surface area contributed by atoms with Crippen LogP contribution in [0.4, 0.5) is 16.2 Å². The van der Waals surface area contributed by atoms with Crippen molar-refractivity contribution in [3.63, 3.8) is 0 Å². The van der Waals surface area contributed by atoms with Gasteiger partial charge in [0, 0.05) is 69.0 Å². The number of aliphatic imine (C=N–C) groups is 1. The number of primary amides is 1. The topological polar surface area (TPSA) is 191 Å². The van der Waals surface area contributed by atoms with E-state index in [1.807, 2.05) is 26.8 Å². The van der Waals surface area contributed by atoms with Gasteiger partial charge in [0.2, 0.25) is 0 Å². The molecule has 0 saturated carbocycles. The standard InChI is InChI=1S/C34H47N5O8/c1-19-13-24-29(37-12-11-23-17-36-18-38-23)26(40)16-25(30(24)41)39-33(42)20(2)9-8-10-27(44-5)32(47-34(35)43)22(4)15-21(3)31(46-7)28(14-19)45-6/h8-10,12,15-19,21,27-28,31-32,40-41H,11,13-14H2,1-7H3,(H2,35,43)(H,36,38)(H,39,42)/t19-,21+,27+,28+,31-,32+/m1/s1. The van der Waals surface area contributed by atoms with Crippen molar-refractivity contribution in [2.75, 3.05) is 26.6 Å². The molecule has 0 saturated heterocycles. The van der Waals surface area contributed by atoms with E-state index < -0.39 is 30.3 Å². The van der Waals surface area contributed by atoms with Crippen LogP contribution in [0, 0.1) is 11.8 Å². The van der Waals surface area contributed by atoms with Crippen molar-refractivity contribution in [2.24, 2.45) is 22.6 Å². The summed E-state index contributed by atoms with van der Waals surface area (Å²) in [5, 5.41) is 25.3. The number of fused-ring (bicyclic) bond motifs is 2. The predicted octanol–water partition coefficient (Wildman–Crippen LogP) is 4.88. The van der Waals surface area contributed by atoms with Crippen LogP contribution in [0.2, 0.25) is 0 Å². The van der Waals surface area contributed by atoms with E-state index in [4.69, 9.17) is 24.7 Å². The minimum Gasteiger partial charge on any atom is -0.506 e. The van der Waals surface area contributed by atoms with Crippen LogP contribution in [0.25, 0.3) is 0 Å². The van der Waals surface area contributed by atoms with Gasteiger partial charge in [0.15, 0.2) is 6.10 Å². The van der Waals surface area contributed by atoms with E-state index in [9.17, 15) is 19.8 Å². The zero-order valence-corrected chi connectivity index (χ0v) is 28.0. The highest BCUT2D eigenvalue weighted by molar-refractivity contribution is 6.04. The summed E-state index contributed by atoms with van der Waals surface area (Å²) in [6.07, 6.45) is 9.47. The van der Waals surface area contributed by atoms with Gasteiger partial charge in [-0.15, -0.1) is 0 Å². The molecule has 13 heteroatoms. The van der Waals surface area contributed by atoms with Crippen molar-refractivity contribution >= 4 is 29.6 Å². The number of benzene rings is 1. The smallest absolute Gasteiger partial charge is 0.405 e. The summed E-state index contributed by atoms with van der Waals surface area (Å²) in [7, 11) is 4.68. The number of ether oxygens (including phenoxy) is 4. The van der Waals surface area contributed by atoms with Crippen molar-refractivity contribution in [1.29, 1.82) is 0 Å². The number of nitrogens with two attached hydrogens (primary N) is 1. The van der Waals surface area contributed by atoms with Crippen LogP contribution in [0.3, 0.4) is 0 Å². The van der Waals surface area contributed by atoms with Gasteiger partial charge in [-0.3, -0.25) is 9.79 Å². The lowest BCUT2D eigenvalue weighted by Crippen LogP contribution is -2.38. The number of aromatic amines is 1. The molecule has 0 aliphatic carbocycles. The fourth-order valence-corrected chi connectivity index (χ4v) is 5.72. The minimum atomic E-state index is -0.961. The molecule has 2 heterocycles. The number of phenols is 2. The molecule has 0 unspecified atom stereocenters. The van der Waals surface area contributed by atoms with Gasteiger partial charge in [-0.25, -0.2) is 9.78 Å². The molecule has 256 valence electrons. The molecule has 2 amide bonds. The Balaban J connectivity index is 2.13. The molecule has 3 rings (SSSR count). The Kier molecular flexibility index (Phi) is 13.7. The van der Waals surface area contributed by atoms with Crippen LogP contribution in [0.15, 0.2) is 59.0 Å². The van der Waals surface area contributed by atoms with Gasteiger partial charge < -0.3 is 45.2 Å². The second-order valence-corrected chi connectivity index (χ2v) is 11.7. The van der Waals surface area contributed by atoms with Gasteiger partial charge in [0.1, 0.15) is 23.3 Å². The van der Waals surface area contributed by atoms with E-state index in [1.165, 1.54) is 13.2 Å². The molecular weight excluding hydrogens is 606 g/mol. The van der Waals surface area contributed by atoms with Crippen molar-refractivity contribution in [3.8, 4) is 11.5 Å². The highest BCUT2D eigenvalue weighted by Crippen LogP contribution is 2.44. The predicted molar refractivity (Wildman–Crippen MR) is 179 cm³/mol. The largest absolute Gasteiger partial charge is 0.506 e. The first-order chi connectivity index (χ1) is 22.4. The third-order valence-electron chi connectivity index (χ3n) is 8.13. The lowest BCUT2D eigenvalue weighted by molar-refractivity contribution is -0.112. The molecule has 1 aromatic heterocycles. The fourth-order valence-electron chi connectivity index (χ4n) is 5.72. The third kappa shape index (κ3) is 10.0. The maximum atomic E-state index is 13.2. The number of aromatic hydroxyl groups is 2. The molecule has 1 aromatic carbocycles. The van der Waals surface area contributed by atoms with Crippen LogP contribution in [0.1, 0.15) is 45.4 Å². The minimum absolute atomic E-state index is 0.0352. The van der Waals surface area contributed by atoms with E-state index in [-0.39, 0.29) is 40.8 Å². The fraction of sp³-hybridized carbons (Fsp3) is 0.471. The number of imidazole rings is 1. The second kappa shape index (κ2) is 17.5. The summed E-state index contributed by atoms with van der Waals surface area (Å²) in [5.41, 5.74) is 7.83. The molecule has 1 aliphatic heterocycles. The molecule has 0 fully saturated rings. The summed E-state index contributed by atoms with van der Waals surface area (Å²) in [4.78, 5) is 36.6. The van der Waals surface area contributed by atoms with Crippen molar-refractivity contribution in [1.82, 2.24) is 9.97 Å². The average molecular weight is 654 g/mol. The summed E-state index contributed by atoms with van der Waals surface area (Å²) in [6.45, 7) is 7.37. The lowest BCUT2D eigenvalue weighted by Gasteiger charge is -2.32. The monoisotopic (exact) mass is 653 g/mol. The molecule has 2 bridgehead atoms. The maximum absolute atomic E-state index is 13.2. The summed E-state index contributed by atoms with van der Waals surface area (Å²) < 4.78 is 23.0. The summed E-state index contributed by atoms with van der Waals surface area (Å²) in [5.74, 6) is -1.23. The summed E-state index contributed by atoms with van der Waals surface area (Å²) in [6, 6.07) is 1.28. The third-order valence-corrected chi connectivity index (χ3v) is 8.13. The number of carbonyl (C=O) groups is 2. The lowest BCUT2D eigenvalue weighted by atomic mass is 9.87. The number of H-pyrrole nitrogens is 1. The Morgan fingerprint density at radius 1 is 1.17 bits per heavy atom. The molecule has 1 aliphatic rings. The first kappa shape index (κ1) is 37.0. The molecule has 6 atom stereocenters. The quantitative estimate of drug-likeness (QED) is 0.120. The molecular formula is C34H47N5O8. The number of nitrogens with one attached hydrogen (secondary N) is 2. The van der Waals surface area contributed by atoms with E-state index in [0.717, 1.165) is 5.69 Å². The van der Waals surface area contributed by atoms with Gasteiger partial charge in [-0.1, -0.05) is 38.2 Å². The van der Waals surface area contributed by atoms with Gasteiger partial charge in [-0.2, -0.15) is 0 Å². The average Bonchev–Trinajstić information content (AvgIpc) is 3.54. The molecule has 0 spiro atoms. The Morgan fingerprint density at radius 3 is 2.53 bits per heavy atom. The molecule has 2 aromatic rings. The molecule has 47 heavy (non-hydrogen) atoms. The molecule has 13 nitrogen and oxygen atoms in total. The van der Waals surface area contributed by atoms with Gasteiger partial charge in [0.05, 0.1) is 24.2 Å². The summed E-state index contributed by atoms with van der Waals surface area (Å²) >= 11 is 0. The van der Waals surface area contributed by atoms with Crippen molar-refractivity contribution in [2.45, 2.75) is 71.4 Å². The Hall–Kier alpha value is -4.46. The van der Waals surface area contributed by atoms with Crippen LogP contribution in [-0.2, 0) is 36.6 Å². The number of nitrogens with zero attached hydrogens (tertiary/aromatic N) is 2. The Labute approximate surface area is 275 Å². The zero-order chi connectivity index (χ0) is 34.7. The van der Waals surface area contributed by atoms with Gasteiger partial charge in [-0.05, 0) is 38.2 Å². The second-order valence-electron chi connectivity index (χ2n) is 11.7. The van der Waals surface area contributed by atoms with E-state index in [0.29, 0.717) is 36.0 Å². The van der Waals surface area contributed by atoms with Crippen molar-refractivity contribution < 1.29 is 38.7 Å². The van der Waals surface area contributed by atoms with Gasteiger partial charge in [0.25, 0.3) is 5.91 Å². The number of rotatable bonds is 7. The number of phenolic OH excluding ortho intramolecular Hbond substituents is 2. The number of carbonyl (C=O) groups excluding carboxylic acids is 2. The SMILES string of the molecule is CO[C@H]1[C@@H](OC)C[C@H](C)Cc2c(O)c(cc(O)c2N=CCc2cnc[nH]2)NC(=O)C(C)=CC=C[C@H](OC)[C@@H](OC(N)=O)C(C)=C[C@@H]1C. The first-order valence-corrected chi connectivity index (χ1v) is 15.4. The molecule has 0 radical (unpaired) electrons.